The fourth-order valence-electron chi connectivity index (χ4n) is 2.90. The first-order valence-corrected chi connectivity index (χ1v) is 8.53. The van der Waals surface area contributed by atoms with Crippen LogP contribution in [-0.4, -0.2) is 25.0 Å². The number of benzene rings is 1. The van der Waals surface area contributed by atoms with Gasteiger partial charge < -0.3 is 14.8 Å². The van der Waals surface area contributed by atoms with E-state index in [-0.39, 0.29) is 42.2 Å². The van der Waals surface area contributed by atoms with Gasteiger partial charge in [0.15, 0.2) is 0 Å². The first kappa shape index (κ1) is 21.5. The van der Waals surface area contributed by atoms with Crippen LogP contribution in [0.2, 0.25) is 0 Å². The highest BCUT2D eigenvalue weighted by atomic mass is 35.5. The van der Waals surface area contributed by atoms with Crippen molar-refractivity contribution in [1.29, 1.82) is 0 Å². The summed E-state index contributed by atoms with van der Waals surface area (Å²) in [5, 5.41) is 3.17. The Labute approximate surface area is 155 Å². The van der Waals surface area contributed by atoms with Crippen LogP contribution in [0.4, 0.5) is 0 Å². The summed E-state index contributed by atoms with van der Waals surface area (Å²) < 4.78 is 11.7. The number of fused-ring (bicyclic) bond motifs is 1. The Morgan fingerprint density at radius 2 is 1.60 bits per heavy atom. The summed E-state index contributed by atoms with van der Waals surface area (Å²) in [6, 6.07) is 7.39. The molecule has 0 amide bonds. The van der Waals surface area contributed by atoms with Crippen LogP contribution in [0.5, 0.6) is 0 Å². The number of hydrogen-bond acceptors (Lipinski definition) is 5. The molecule has 0 aromatic heterocycles. The van der Waals surface area contributed by atoms with E-state index < -0.39 is 5.79 Å². The molecule has 0 spiro atoms. The molecule has 25 heavy (non-hydrogen) atoms. The molecule has 5 nitrogen and oxygen atoms in total. The van der Waals surface area contributed by atoms with E-state index >= 15 is 0 Å². The van der Waals surface area contributed by atoms with E-state index in [1.807, 2.05) is 24.3 Å². The maximum absolute atomic E-state index is 12.4. The van der Waals surface area contributed by atoms with Crippen molar-refractivity contribution in [1.82, 2.24) is 5.32 Å². The number of likely N-dealkylation sites (N-methyl/N-ethyl adjacent to an activating group) is 1. The first-order chi connectivity index (χ1) is 11.3. The second-order valence-electron chi connectivity index (χ2n) is 6.86. The van der Waals surface area contributed by atoms with Crippen LogP contribution in [0, 0.1) is 11.8 Å². The lowest BCUT2D eigenvalue weighted by Crippen LogP contribution is -2.56. The van der Waals surface area contributed by atoms with E-state index in [0.29, 0.717) is 6.42 Å². The molecule has 140 valence electrons. The number of aryl methyl sites for hydroxylation is 1. The minimum atomic E-state index is -1.42. The summed E-state index contributed by atoms with van der Waals surface area (Å²) in [6.07, 6.45) is 1.55. The minimum Gasteiger partial charge on any atom is -0.416 e. The third-order valence-corrected chi connectivity index (χ3v) is 4.35. The van der Waals surface area contributed by atoms with Crippen LogP contribution >= 0.6 is 12.4 Å². The molecule has 0 aliphatic heterocycles. The van der Waals surface area contributed by atoms with E-state index in [4.69, 9.17) is 9.47 Å². The highest BCUT2D eigenvalue weighted by Gasteiger charge is 2.51. The third-order valence-electron chi connectivity index (χ3n) is 4.35. The number of esters is 2. The standard InChI is InChI=1S/C19H27NO4.ClH/c1-12(2)17(21)23-19(24-18(22)13(3)4)15-9-7-6-8-14(15)10-11-16(19)20-5;/h6-9,12-13,16,20H,10-11H2,1-5H3;1H. The predicted molar refractivity (Wildman–Crippen MR) is 98.4 cm³/mol. The first-order valence-electron chi connectivity index (χ1n) is 8.53. The van der Waals surface area contributed by atoms with Gasteiger partial charge in [0.05, 0.1) is 17.9 Å². The Hall–Kier alpha value is -1.59. The van der Waals surface area contributed by atoms with Crippen molar-refractivity contribution in [3.8, 4) is 0 Å². The fourth-order valence-corrected chi connectivity index (χ4v) is 2.90. The average molecular weight is 370 g/mol. The maximum atomic E-state index is 12.4. The molecular weight excluding hydrogens is 342 g/mol. The molecule has 1 aliphatic rings. The zero-order valence-corrected chi connectivity index (χ0v) is 16.3. The van der Waals surface area contributed by atoms with Crippen LogP contribution in [-0.2, 0) is 31.3 Å². The van der Waals surface area contributed by atoms with Crippen molar-refractivity contribution in [2.75, 3.05) is 7.05 Å². The van der Waals surface area contributed by atoms with Gasteiger partial charge >= 0.3 is 11.9 Å². The molecule has 0 saturated heterocycles. The van der Waals surface area contributed by atoms with Gasteiger partial charge in [-0.1, -0.05) is 52.0 Å². The molecule has 0 radical (unpaired) electrons. The highest BCUT2D eigenvalue weighted by Crippen LogP contribution is 2.41. The van der Waals surface area contributed by atoms with Gasteiger partial charge in [0, 0.05) is 5.56 Å². The van der Waals surface area contributed by atoms with Gasteiger partial charge in [-0.15, -0.1) is 12.4 Å². The SMILES string of the molecule is CNC1CCc2ccccc2C1(OC(=O)C(C)C)OC(=O)C(C)C.Cl. The third kappa shape index (κ3) is 4.33. The van der Waals surface area contributed by atoms with Crippen LogP contribution < -0.4 is 5.32 Å². The van der Waals surface area contributed by atoms with Crippen molar-refractivity contribution in [2.24, 2.45) is 11.8 Å². The molecule has 6 heteroatoms. The zero-order chi connectivity index (χ0) is 17.9. The van der Waals surface area contributed by atoms with Crippen LogP contribution in [0.3, 0.4) is 0 Å². The molecule has 1 aliphatic carbocycles. The largest absolute Gasteiger partial charge is 0.416 e. The maximum Gasteiger partial charge on any atom is 0.311 e. The summed E-state index contributed by atoms with van der Waals surface area (Å²) in [7, 11) is 1.79. The Balaban J connectivity index is 0.00000312. The van der Waals surface area contributed by atoms with Crippen molar-refractivity contribution in [2.45, 2.75) is 52.4 Å². The number of carbonyl (C=O) groups is 2. The summed E-state index contributed by atoms with van der Waals surface area (Å²) in [6.45, 7) is 7.07. The van der Waals surface area contributed by atoms with Gasteiger partial charge in [0.25, 0.3) is 5.79 Å². The average Bonchev–Trinajstić information content (AvgIpc) is 2.55. The number of hydrogen-bond donors (Lipinski definition) is 1. The number of carbonyl (C=O) groups excluding carboxylic acids is 2. The van der Waals surface area contributed by atoms with Gasteiger partial charge in [-0.25, -0.2) is 0 Å². The van der Waals surface area contributed by atoms with Gasteiger partial charge in [-0.3, -0.25) is 9.59 Å². The quantitative estimate of drug-likeness (QED) is 0.637. The molecule has 1 aromatic rings. The lowest BCUT2D eigenvalue weighted by atomic mass is 9.82. The van der Waals surface area contributed by atoms with Crippen molar-refractivity contribution < 1.29 is 19.1 Å². The van der Waals surface area contributed by atoms with E-state index in [9.17, 15) is 9.59 Å². The second kappa shape index (κ2) is 8.68. The predicted octanol–water partition coefficient (Wildman–Crippen LogP) is 3.19. The monoisotopic (exact) mass is 369 g/mol. The Bertz CT molecular complexity index is 593. The highest BCUT2D eigenvalue weighted by molar-refractivity contribution is 5.85. The van der Waals surface area contributed by atoms with Crippen LogP contribution in [0.1, 0.15) is 45.2 Å². The smallest absolute Gasteiger partial charge is 0.311 e. The lowest BCUT2D eigenvalue weighted by Gasteiger charge is -2.43. The van der Waals surface area contributed by atoms with Crippen molar-refractivity contribution >= 4 is 24.3 Å². The Morgan fingerprint density at radius 3 is 2.08 bits per heavy atom. The van der Waals surface area contributed by atoms with Gasteiger partial charge in [0.2, 0.25) is 0 Å². The second-order valence-corrected chi connectivity index (χ2v) is 6.86. The number of nitrogens with one attached hydrogen (secondary N) is 1. The summed E-state index contributed by atoms with van der Waals surface area (Å²) in [4.78, 5) is 24.8. The summed E-state index contributed by atoms with van der Waals surface area (Å²) in [5.74, 6) is -2.82. The summed E-state index contributed by atoms with van der Waals surface area (Å²) in [5.41, 5.74) is 1.79. The molecule has 2 rings (SSSR count). The van der Waals surface area contributed by atoms with E-state index in [1.165, 1.54) is 0 Å². The van der Waals surface area contributed by atoms with Gasteiger partial charge in [0.1, 0.15) is 0 Å². The number of halogens is 1. The van der Waals surface area contributed by atoms with Gasteiger partial charge in [-0.05, 0) is 25.5 Å². The molecular formula is C19H28ClNO4. The molecule has 0 saturated carbocycles. The van der Waals surface area contributed by atoms with E-state index in [0.717, 1.165) is 17.5 Å². The van der Waals surface area contributed by atoms with Crippen LogP contribution in [0.15, 0.2) is 24.3 Å². The molecule has 1 aromatic carbocycles. The van der Waals surface area contributed by atoms with Crippen LogP contribution in [0.25, 0.3) is 0 Å². The number of rotatable bonds is 5. The fraction of sp³-hybridized carbons (Fsp3) is 0.579. The molecule has 0 fully saturated rings. The van der Waals surface area contributed by atoms with E-state index in [2.05, 4.69) is 5.32 Å². The normalized spacial score (nSPS) is 18.3. The van der Waals surface area contributed by atoms with Gasteiger partial charge in [-0.2, -0.15) is 0 Å². The van der Waals surface area contributed by atoms with Crippen molar-refractivity contribution in [3.63, 3.8) is 0 Å². The number of ether oxygens (including phenoxy) is 2. The molecule has 0 heterocycles. The molecule has 0 bridgehead atoms. The zero-order valence-electron chi connectivity index (χ0n) is 15.5. The minimum absolute atomic E-state index is 0. The Morgan fingerprint density at radius 1 is 1.08 bits per heavy atom. The Kier molecular flexibility index (Phi) is 7.44. The topological polar surface area (TPSA) is 64.6 Å². The van der Waals surface area contributed by atoms with Crippen molar-refractivity contribution in [3.05, 3.63) is 35.4 Å². The molecule has 1 atom stereocenters. The molecule has 1 N–H and O–H groups in total. The lowest BCUT2D eigenvalue weighted by molar-refractivity contribution is -0.252. The van der Waals surface area contributed by atoms with E-state index in [1.54, 1.807) is 34.7 Å². The molecule has 1 unspecified atom stereocenters. The summed E-state index contributed by atoms with van der Waals surface area (Å²) >= 11 is 0.